The molecule has 1 rings (SSSR count). The molecule has 110 valence electrons. The summed E-state index contributed by atoms with van der Waals surface area (Å²) in [7, 11) is 0. The number of hydrogen-bond acceptors (Lipinski definition) is 3. The van der Waals surface area contributed by atoms with Crippen molar-refractivity contribution in [2.45, 2.75) is 53.4 Å². The van der Waals surface area contributed by atoms with E-state index >= 15 is 0 Å². The Balaban J connectivity index is 2.98. The van der Waals surface area contributed by atoms with Crippen LogP contribution < -0.4 is 5.32 Å². The highest BCUT2D eigenvalue weighted by atomic mass is 16.6. The number of amides is 1. The number of rotatable bonds is 6. The standard InChI is InChI=1S/C15H22N2O3/c1-5-6-7-8-13(18)16-14-10(2)9-11(3)15(12(14)4)17(19)20/h9H,5-8H2,1-4H3,(H,16,18). The second kappa shape index (κ2) is 7.03. The van der Waals surface area contributed by atoms with Crippen molar-refractivity contribution in [3.63, 3.8) is 0 Å². The van der Waals surface area contributed by atoms with Crippen LogP contribution in [0.4, 0.5) is 11.4 Å². The van der Waals surface area contributed by atoms with E-state index in [1.165, 1.54) is 0 Å². The highest BCUT2D eigenvalue weighted by Gasteiger charge is 2.20. The van der Waals surface area contributed by atoms with E-state index in [1.54, 1.807) is 19.9 Å². The van der Waals surface area contributed by atoms with Crippen molar-refractivity contribution in [1.29, 1.82) is 0 Å². The molecule has 0 aliphatic heterocycles. The molecule has 0 fully saturated rings. The summed E-state index contributed by atoms with van der Waals surface area (Å²) in [5, 5.41) is 13.9. The van der Waals surface area contributed by atoms with Crippen molar-refractivity contribution in [2.24, 2.45) is 0 Å². The highest BCUT2D eigenvalue weighted by Crippen LogP contribution is 2.32. The first-order valence-corrected chi connectivity index (χ1v) is 6.93. The molecule has 1 aromatic rings. The normalized spacial score (nSPS) is 10.4. The van der Waals surface area contributed by atoms with E-state index in [0.717, 1.165) is 24.8 Å². The molecular formula is C15H22N2O3. The van der Waals surface area contributed by atoms with Crippen LogP contribution in [0.1, 0.15) is 49.3 Å². The van der Waals surface area contributed by atoms with Gasteiger partial charge in [0.15, 0.2) is 0 Å². The molecule has 0 unspecified atom stereocenters. The minimum absolute atomic E-state index is 0.0807. The van der Waals surface area contributed by atoms with Crippen LogP contribution in [0.5, 0.6) is 0 Å². The summed E-state index contributed by atoms with van der Waals surface area (Å²) in [5.41, 5.74) is 2.66. The number of anilines is 1. The molecule has 5 nitrogen and oxygen atoms in total. The summed E-state index contributed by atoms with van der Waals surface area (Å²) < 4.78 is 0. The maximum atomic E-state index is 11.9. The van der Waals surface area contributed by atoms with E-state index in [0.29, 0.717) is 23.2 Å². The minimum atomic E-state index is -0.392. The predicted molar refractivity (Wildman–Crippen MR) is 80.1 cm³/mol. The van der Waals surface area contributed by atoms with Gasteiger partial charge in [-0.3, -0.25) is 14.9 Å². The molecule has 0 saturated heterocycles. The molecule has 5 heteroatoms. The Morgan fingerprint density at radius 1 is 1.25 bits per heavy atom. The molecule has 0 saturated carbocycles. The summed E-state index contributed by atoms with van der Waals surface area (Å²) in [6.07, 6.45) is 3.36. The number of carbonyl (C=O) groups is 1. The largest absolute Gasteiger partial charge is 0.325 e. The number of nitro benzene ring substituents is 1. The lowest BCUT2D eigenvalue weighted by Gasteiger charge is -2.13. The summed E-state index contributed by atoms with van der Waals surface area (Å²) in [6.45, 7) is 7.33. The lowest BCUT2D eigenvalue weighted by molar-refractivity contribution is -0.386. The summed E-state index contributed by atoms with van der Waals surface area (Å²) in [4.78, 5) is 22.6. The van der Waals surface area contributed by atoms with Gasteiger partial charge in [-0.2, -0.15) is 0 Å². The third-order valence-electron chi connectivity index (χ3n) is 3.39. The fourth-order valence-electron chi connectivity index (χ4n) is 2.39. The molecule has 0 bridgehead atoms. The van der Waals surface area contributed by atoms with Gasteiger partial charge in [0.2, 0.25) is 5.91 Å². The van der Waals surface area contributed by atoms with Crippen molar-refractivity contribution in [3.8, 4) is 0 Å². The Morgan fingerprint density at radius 3 is 2.45 bits per heavy atom. The van der Waals surface area contributed by atoms with Crippen molar-refractivity contribution in [3.05, 3.63) is 32.9 Å². The van der Waals surface area contributed by atoms with Gasteiger partial charge in [-0.25, -0.2) is 0 Å². The van der Waals surface area contributed by atoms with Crippen LogP contribution in [0.25, 0.3) is 0 Å². The molecule has 0 heterocycles. The highest BCUT2D eigenvalue weighted by molar-refractivity contribution is 5.93. The van der Waals surface area contributed by atoms with Crippen molar-refractivity contribution >= 4 is 17.3 Å². The zero-order chi connectivity index (χ0) is 15.3. The smallest absolute Gasteiger partial charge is 0.277 e. The van der Waals surface area contributed by atoms with Gasteiger partial charge < -0.3 is 5.32 Å². The minimum Gasteiger partial charge on any atom is -0.325 e. The van der Waals surface area contributed by atoms with Gasteiger partial charge >= 0.3 is 0 Å². The topological polar surface area (TPSA) is 72.2 Å². The van der Waals surface area contributed by atoms with Crippen LogP contribution in [0.3, 0.4) is 0 Å². The lowest BCUT2D eigenvalue weighted by atomic mass is 10.0. The number of aryl methyl sites for hydroxylation is 2. The van der Waals surface area contributed by atoms with Gasteiger partial charge in [-0.1, -0.05) is 19.8 Å². The first-order chi connectivity index (χ1) is 9.38. The second-order valence-corrected chi connectivity index (χ2v) is 5.12. The number of carbonyl (C=O) groups excluding carboxylic acids is 1. The van der Waals surface area contributed by atoms with Crippen LogP contribution >= 0.6 is 0 Å². The maximum absolute atomic E-state index is 11.9. The monoisotopic (exact) mass is 278 g/mol. The predicted octanol–water partition coefficient (Wildman–Crippen LogP) is 4.04. The quantitative estimate of drug-likeness (QED) is 0.485. The summed E-state index contributed by atoms with van der Waals surface area (Å²) in [5.74, 6) is -0.0807. The number of hydrogen-bond donors (Lipinski definition) is 1. The Bertz CT molecular complexity index is 524. The van der Waals surface area contributed by atoms with Crippen LogP contribution in [0.15, 0.2) is 6.07 Å². The van der Waals surface area contributed by atoms with Crippen LogP contribution in [0.2, 0.25) is 0 Å². The number of nitro groups is 1. The van der Waals surface area contributed by atoms with Crippen molar-refractivity contribution in [1.82, 2.24) is 0 Å². The number of nitrogens with zero attached hydrogens (tertiary/aromatic N) is 1. The summed E-state index contributed by atoms with van der Waals surface area (Å²) in [6, 6.07) is 1.74. The molecule has 0 atom stereocenters. The molecular weight excluding hydrogens is 256 g/mol. The van der Waals surface area contributed by atoms with Crippen LogP contribution in [-0.4, -0.2) is 10.8 Å². The summed E-state index contributed by atoms with van der Waals surface area (Å²) >= 11 is 0. The van der Waals surface area contributed by atoms with E-state index in [4.69, 9.17) is 0 Å². The first kappa shape index (κ1) is 16.1. The van der Waals surface area contributed by atoms with Gasteiger partial charge in [0, 0.05) is 12.0 Å². The fraction of sp³-hybridized carbons (Fsp3) is 0.533. The van der Waals surface area contributed by atoms with Crippen LogP contribution in [0, 0.1) is 30.9 Å². The number of nitrogens with one attached hydrogen (secondary N) is 1. The molecule has 1 aromatic carbocycles. The second-order valence-electron chi connectivity index (χ2n) is 5.12. The number of benzene rings is 1. The molecule has 20 heavy (non-hydrogen) atoms. The van der Waals surface area contributed by atoms with Gasteiger partial charge in [0.25, 0.3) is 5.69 Å². The lowest BCUT2D eigenvalue weighted by Crippen LogP contribution is -2.14. The van der Waals surface area contributed by atoms with E-state index in [9.17, 15) is 14.9 Å². The Kier molecular flexibility index (Phi) is 5.67. The zero-order valence-electron chi connectivity index (χ0n) is 12.6. The molecule has 1 N–H and O–H groups in total. The van der Waals surface area contributed by atoms with Gasteiger partial charge in [0.1, 0.15) is 0 Å². The molecule has 0 aromatic heterocycles. The third-order valence-corrected chi connectivity index (χ3v) is 3.39. The maximum Gasteiger partial charge on any atom is 0.277 e. The Morgan fingerprint density at radius 2 is 1.90 bits per heavy atom. The molecule has 0 aliphatic carbocycles. The third kappa shape index (κ3) is 3.79. The molecule has 0 aliphatic rings. The SMILES string of the molecule is CCCCCC(=O)Nc1c(C)cc(C)c([N+](=O)[O-])c1C. The average Bonchev–Trinajstić information content (AvgIpc) is 2.34. The van der Waals surface area contributed by atoms with Crippen LogP contribution in [-0.2, 0) is 4.79 Å². The van der Waals surface area contributed by atoms with E-state index < -0.39 is 4.92 Å². The molecule has 1 amide bonds. The Labute approximate surface area is 119 Å². The van der Waals surface area contributed by atoms with Gasteiger partial charge in [0.05, 0.1) is 16.2 Å². The van der Waals surface area contributed by atoms with Gasteiger partial charge in [-0.05, 0) is 38.8 Å². The first-order valence-electron chi connectivity index (χ1n) is 6.93. The van der Waals surface area contributed by atoms with Crippen molar-refractivity contribution in [2.75, 3.05) is 5.32 Å². The Hall–Kier alpha value is -1.91. The average molecular weight is 278 g/mol. The van der Waals surface area contributed by atoms with E-state index in [-0.39, 0.29) is 11.6 Å². The fourth-order valence-corrected chi connectivity index (χ4v) is 2.39. The molecule has 0 spiro atoms. The van der Waals surface area contributed by atoms with Gasteiger partial charge in [-0.15, -0.1) is 0 Å². The molecule has 0 radical (unpaired) electrons. The zero-order valence-corrected chi connectivity index (χ0v) is 12.6. The van der Waals surface area contributed by atoms with E-state index in [1.807, 2.05) is 6.92 Å². The number of unbranched alkanes of at least 4 members (excludes halogenated alkanes) is 2. The van der Waals surface area contributed by atoms with E-state index in [2.05, 4.69) is 12.2 Å². The van der Waals surface area contributed by atoms with Crippen molar-refractivity contribution < 1.29 is 9.72 Å².